The number of para-hydroxylation sites is 1. The highest BCUT2D eigenvalue weighted by Crippen LogP contribution is 2.43. The monoisotopic (exact) mass is 251 g/mol. The molecule has 4 heteroatoms. The molecule has 0 amide bonds. The van der Waals surface area contributed by atoms with Gasteiger partial charge in [0.15, 0.2) is 5.65 Å². The van der Waals surface area contributed by atoms with Crippen molar-refractivity contribution in [3.63, 3.8) is 0 Å². The summed E-state index contributed by atoms with van der Waals surface area (Å²) >= 11 is 0. The van der Waals surface area contributed by atoms with Crippen molar-refractivity contribution >= 4 is 11.0 Å². The zero-order chi connectivity index (χ0) is 12.8. The summed E-state index contributed by atoms with van der Waals surface area (Å²) in [7, 11) is 0. The third kappa shape index (κ3) is 1.68. The summed E-state index contributed by atoms with van der Waals surface area (Å²) in [6.45, 7) is 0. The molecule has 4 nitrogen and oxygen atoms in total. The number of benzene rings is 1. The van der Waals surface area contributed by atoms with Crippen LogP contribution in [0.25, 0.3) is 22.3 Å². The van der Waals surface area contributed by atoms with E-state index >= 15 is 0 Å². The zero-order valence-electron chi connectivity index (χ0n) is 10.3. The van der Waals surface area contributed by atoms with E-state index in [4.69, 9.17) is 0 Å². The van der Waals surface area contributed by atoms with E-state index in [0.717, 1.165) is 16.6 Å². The first-order valence-electron chi connectivity index (χ1n) is 6.46. The zero-order valence-corrected chi connectivity index (χ0v) is 10.3. The number of H-pyrrole nitrogens is 1. The normalized spacial score (nSPS) is 14.9. The minimum atomic E-state index is 0.236. The molecule has 2 aromatic heterocycles. The molecule has 1 aliphatic rings. The Balaban J connectivity index is 1.91. The largest absolute Gasteiger partial charge is 0.507 e. The predicted octanol–water partition coefficient (Wildman–Crippen LogP) is 3.21. The molecule has 0 unspecified atom stereocenters. The van der Waals surface area contributed by atoms with Crippen LogP contribution in [-0.4, -0.2) is 20.3 Å². The Hall–Kier alpha value is -2.36. The number of nitrogens with one attached hydrogen (secondary N) is 1. The summed E-state index contributed by atoms with van der Waals surface area (Å²) in [5.41, 5.74) is 3.58. The average Bonchev–Trinajstić information content (AvgIpc) is 3.19. The van der Waals surface area contributed by atoms with Gasteiger partial charge in [-0.15, -0.1) is 10.2 Å². The van der Waals surface area contributed by atoms with Crippen LogP contribution >= 0.6 is 0 Å². The smallest absolute Gasteiger partial charge is 0.160 e. The number of aromatic nitrogens is 3. The van der Waals surface area contributed by atoms with Crippen LogP contribution < -0.4 is 0 Å². The lowest BCUT2D eigenvalue weighted by atomic mass is 10.1. The van der Waals surface area contributed by atoms with Crippen molar-refractivity contribution in [2.24, 2.45) is 0 Å². The predicted molar refractivity (Wildman–Crippen MR) is 73.0 cm³/mol. The molecule has 2 heterocycles. The van der Waals surface area contributed by atoms with Gasteiger partial charge in [0.25, 0.3) is 0 Å². The number of aromatic amines is 1. The first-order chi connectivity index (χ1) is 9.33. The van der Waals surface area contributed by atoms with Crippen LogP contribution in [0.1, 0.15) is 24.3 Å². The fraction of sp³-hybridized carbons (Fsp3) is 0.200. The quantitative estimate of drug-likeness (QED) is 0.735. The Morgan fingerprint density at radius 1 is 1.16 bits per heavy atom. The molecule has 1 aromatic carbocycles. The number of rotatable bonds is 2. The summed E-state index contributed by atoms with van der Waals surface area (Å²) in [6.07, 6.45) is 4.54. The van der Waals surface area contributed by atoms with Gasteiger partial charge in [0.05, 0.1) is 5.69 Å². The minimum absolute atomic E-state index is 0.236. The summed E-state index contributed by atoms with van der Waals surface area (Å²) in [4.78, 5) is 3.17. The number of hydrogen-bond donors (Lipinski definition) is 2. The van der Waals surface area contributed by atoms with E-state index in [0.29, 0.717) is 11.6 Å². The molecule has 0 atom stereocenters. The molecular formula is C15H13N3O. The van der Waals surface area contributed by atoms with Crippen LogP contribution in [0.15, 0.2) is 36.5 Å². The Morgan fingerprint density at radius 3 is 2.79 bits per heavy atom. The van der Waals surface area contributed by atoms with E-state index < -0.39 is 0 Å². The van der Waals surface area contributed by atoms with Crippen molar-refractivity contribution in [1.29, 1.82) is 0 Å². The molecule has 0 bridgehead atoms. The van der Waals surface area contributed by atoms with Crippen LogP contribution in [-0.2, 0) is 0 Å². The van der Waals surface area contributed by atoms with Crippen LogP contribution in [0.5, 0.6) is 5.75 Å². The van der Waals surface area contributed by atoms with Crippen LogP contribution in [0.3, 0.4) is 0 Å². The van der Waals surface area contributed by atoms with Gasteiger partial charge in [-0.2, -0.15) is 0 Å². The summed E-state index contributed by atoms with van der Waals surface area (Å²) in [6, 6.07) is 9.23. The first-order valence-corrected chi connectivity index (χ1v) is 6.46. The molecule has 3 aromatic rings. The SMILES string of the molecule is Oc1ccccc1-c1cc2c(C3CC3)c[nH]c2nn1. The molecule has 0 radical (unpaired) electrons. The molecule has 1 saturated carbocycles. The van der Waals surface area contributed by atoms with Crippen molar-refractivity contribution < 1.29 is 5.11 Å². The second kappa shape index (κ2) is 3.82. The summed E-state index contributed by atoms with van der Waals surface area (Å²) in [5.74, 6) is 0.898. The van der Waals surface area contributed by atoms with Crippen molar-refractivity contribution in [2.45, 2.75) is 18.8 Å². The highest BCUT2D eigenvalue weighted by molar-refractivity contribution is 5.84. The number of nitrogens with zero attached hydrogens (tertiary/aromatic N) is 2. The highest BCUT2D eigenvalue weighted by atomic mass is 16.3. The van der Waals surface area contributed by atoms with Crippen molar-refractivity contribution in [3.8, 4) is 17.0 Å². The maximum Gasteiger partial charge on any atom is 0.160 e. The molecular weight excluding hydrogens is 238 g/mol. The second-order valence-electron chi connectivity index (χ2n) is 5.03. The maximum atomic E-state index is 9.90. The van der Waals surface area contributed by atoms with Crippen molar-refractivity contribution in [2.75, 3.05) is 0 Å². The van der Waals surface area contributed by atoms with Gasteiger partial charge < -0.3 is 10.1 Å². The number of phenolic OH excluding ortho intramolecular Hbond substituents is 1. The average molecular weight is 251 g/mol. The van der Waals surface area contributed by atoms with Gasteiger partial charge in [-0.05, 0) is 42.5 Å². The highest BCUT2D eigenvalue weighted by Gasteiger charge is 2.26. The van der Waals surface area contributed by atoms with E-state index in [2.05, 4.69) is 15.2 Å². The number of aromatic hydroxyl groups is 1. The number of phenols is 1. The molecule has 94 valence electrons. The topological polar surface area (TPSA) is 61.8 Å². The van der Waals surface area contributed by atoms with E-state index in [-0.39, 0.29) is 5.75 Å². The van der Waals surface area contributed by atoms with Gasteiger partial charge in [-0.1, -0.05) is 12.1 Å². The fourth-order valence-electron chi connectivity index (χ4n) is 2.50. The Bertz CT molecular complexity index is 759. The van der Waals surface area contributed by atoms with Crippen LogP contribution in [0.4, 0.5) is 0 Å². The number of fused-ring (bicyclic) bond motifs is 1. The Kier molecular flexibility index (Phi) is 2.12. The third-order valence-electron chi connectivity index (χ3n) is 3.67. The third-order valence-corrected chi connectivity index (χ3v) is 3.67. The fourth-order valence-corrected chi connectivity index (χ4v) is 2.50. The van der Waals surface area contributed by atoms with Crippen molar-refractivity contribution in [3.05, 3.63) is 42.1 Å². The van der Waals surface area contributed by atoms with Crippen LogP contribution in [0.2, 0.25) is 0 Å². The molecule has 4 rings (SSSR count). The van der Waals surface area contributed by atoms with Gasteiger partial charge in [0, 0.05) is 17.1 Å². The van der Waals surface area contributed by atoms with Crippen molar-refractivity contribution in [1.82, 2.24) is 15.2 Å². The van der Waals surface area contributed by atoms with Gasteiger partial charge >= 0.3 is 0 Å². The molecule has 0 aliphatic heterocycles. The molecule has 19 heavy (non-hydrogen) atoms. The Labute approximate surface area is 110 Å². The van der Waals surface area contributed by atoms with E-state index in [1.165, 1.54) is 18.4 Å². The van der Waals surface area contributed by atoms with Gasteiger partial charge in [0.1, 0.15) is 5.75 Å². The van der Waals surface area contributed by atoms with Gasteiger partial charge in [-0.3, -0.25) is 0 Å². The lowest BCUT2D eigenvalue weighted by molar-refractivity contribution is 0.477. The lowest BCUT2D eigenvalue weighted by Crippen LogP contribution is -1.89. The standard InChI is InChI=1S/C15H13N3O/c19-14-4-2-1-3-10(14)13-7-11-12(9-5-6-9)8-16-15(11)18-17-13/h1-4,7-9,19H,5-6H2,(H,16,18). The maximum absolute atomic E-state index is 9.90. The second-order valence-corrected chi connectivity index (χ2v) is 5.03. The van der Waals surface area contributed by atoms with E-state index in [1.807, 2.05) is 24.4 Å². The first kappa shape index (κ1) is 10.6. The van der Waals surface area contributed by atoms with Crippen LogP contribution in [0, 0.1) is 0 Å². The van der Waals surface area contributed by atoms with Gasteiger partial charge in [-0.25, -0.2) is 0 Å². The lowest BCUT2D eigenvalue weighted by Gasteiger charge is -2.03. The molecule has 2 N–H and O–H groups in total. The minimum Gasteiger partial charge on any atom is -0.507 e. The van der Waals surface area contributed by atoms with Gasteiger partial charge in [0.2, 0.25) is 0 Å². The summed E-state index contributed by atoms with van der Waals surface area (Å²) < 4.78 is 0. The molecule has 1 fully saturated rings. The van der Waals surface area contributed by atoms with E-state index in [1.54, 1.807) is 12.1 Å². The Morgan fingerprint density at radius 2 is 2.00 bits per heavy atom. The summed E-state index contributed by atoms with van der Waals surface area (Å²) in [5, 5.41) is 19.4. The molecule has 1 aliphatic carbocycles. The number of hydrogen-bond acceptors (Lipinski definition) is 3. The molecule has 0 saturated heterocycles. The molecule has 0 spiro atoms. The van der Waals surface area contributed by atoms with E-state index in [9.17, 15) is 5.11 Å².